The summed E-state index contributed by atoms with van der Waals surface area (Å²) in [6.07, 6.45) is 0.228. The van der Waals surface area contributed by atoms with Gasteiger partial charge in [0, 0.05) is 20.6 Å². The molecule has 2 rings (SSSR count). The fourth-order valence-corrected chi connectivity index (χ4v) is 2.68. The van der Waals surface area contributed by atoms with Gasteiger partial charge in [-0.15, -0.1) is 0 Å². The molecule has 2 aromatic rings. The monoisotopic (exact) mass is 429 g/mol. The average molecular weight is 430 g/mol. The number of carboxylic acids is 1. The lowest BCUT2D eigenvalue weighted by molar-refractivity contribution is -0.139. The van der Waals surface area contributed by atoms with E-state index >= 15 is 0 Å². The molecule has 22 heavy (non-hydrogen) atoms. The Hall–Kier alpha value is -1.60. The van der Waals surface area contributed by atoms with Crippen molar-refractivity contribution in [2.45, 2.75) is 12.5 Å². The van der Waals surface area contributed by atoms with E-state index in [4.69, 9.17) is 11.6 Å². The number of carboxylic acid groups (broad SMARTS) is 1. The Balaban J connectivity index is 2.10. The highest BCUT2D eigenvalue weighted by molar-refractivity contribution is 14.1. The second-order valence-electron chi connectivity index (χ2n) is 4.71. The van der Waals surface area contributed by atoms with Crippen LogP contribution in [-0.4, -0.2) is 23.0 Å². The van der Waals surface area contributed by atoms with Crippen LogP contribution in [0.2, 0.25) is 5.02 Å². The number of rotatable bonds is 5. The second-order valence-corrected chi connectivity index (χ2v) is 6.39. The summed E-state index contributed by atoms with van der Waals surface area (Å²) >= 11 is 7.93. The molecule has 0 spiro atoms. The molecular formula is C16H13ClINO3. The van der Waals surface area contributed by atoms with Crippen molar-refractivity contribution in [3.05, 3.63) is 68.3 Å². The number of nitrogens with one attached hydrogen (secondary N) is 1. The van der Waals surface area contributed by atoms with Crippen LogP contribution in [0, 0.1) is 3.57 Å². The number of carbonyl (C=O) groups excluding carboxylic acids is 1. The Morgan fingerprint density at radius 3 is 2.45 bits per heavy atom. The molecule has 1 atom stereocenters. The zero-order chi connectivity index (χ0) is 16.1. The molecule has 1 amide bonds. The molecule has 0 aliphatic rings. The van der Waals surface area contributed by atoms with Gasteiger partial charge in [0.1, 0.15) is 6.04 Å². The molecule has 0 saturated carbocycles. The van der Waals surface area contributed by atoms with E-state index in [1.54, 1.807) is 24.3 Å². The third-order valence-corrected chi connectivity index (χ3v) is 3.96. The molecule has 0 bridgehead atoms. The van der Waals surface area contributed by atoms with Crippen molar-refractivity contribution in [1.82, 2.24) is 5.32 Å². The second kappa shape index (κ2) is 7.60. The van der Waals surface area contributed by atoms with E-state index in [9.17, 15) is 14.7 Å². The van der Waals surface area contributed by atoms with Crippen molar-refractivity contribution in [3.63, 3.8) is 0 Å². The molecule has 0 unspecified atom stereocenters. The number of amides is 1. The summed E-state index contributed by atoms with van der Waals surface area (Å²) in [7, 11) is 0. The van der Waals surface area contributed by atoms with Crippen LogP contribution in [0.15, 0.2) is 48.5 Å². The van der Waals surface area contributed by atoms with Crippen molar-refractivity contribution in [2.75, 3.05) is 0 Å². The highest BCUT2D eigenvalue weighted by atomic mass is 127. The van der Waals surface area contributed by atoms with Gasteiger partial charge in [-0.2, -0.15) is 0 Å². The summed E-state index contributed by atoms with van der Waals surface area (Å²) in [5, 5.41) is 12.4. The molecule has 2 aromatic carbocycles. The number of halogens is 2. The molecular weight excluding hydrogens is 417 g/mol. The third kappa shape index (κ3) is 4.71. The maximum Gasteiger partial charge on any atom is 0.326 e. The van der Waals surface area contributed by atoms with E-state index < -0.39 is 17.9 Å². The SMILES string of the molecule is O=C(N[C@H](Cc1cccc(I)c1)C(=O)O)c1ccc(Cl)cc1. The number of benzene rings is 2. The maximum absolute atomic E-state index is 12.1. The van der Waals surface area contributed by atoms with E-state index in [0.29, 0.717) is 10.6 Å². The third-order valence-electron chi connectivity index (χ3n) is 3.04. The van der Waals surface area contributed by atoms with Crippen LogP contribution >= 0.6 is 34.2 Å². The Labute approximate surface area is 146 Å². The first-order valence-corrected chi connectivity index (χ1v) is 7.95. The number of hydrogen-bond acceptors (Lipinski definition) is 2. The first-order chi connectivity index (χ1) is 10.5. The molecule has 4 nitrogen and oxygen atoms in total. The minimum atomic E-state index is -1.07. The van der Waals surface area contributed by atoms with Gasteiger partial charge in [0.2, 0.25) is 0 Å². The lowest BCUT2D eigenvalue weighted by atomic mass is 10.1. The lowest BCUT2D eigenvalue weighted by Crippen LogP contribution is -2.42. The molecule has 2 N–H and O–H groups in total. The topological polar surface area (TPSA) is 66.4 Å². The Morgan fingerprint density at radius 1 is 1.18 bits per heavy atom. The van der Waals surface area contributed by atoms with Gasteiger partial charge in [-0.3, -0.25) is 4.79 Å². The fraction of sp³-hybridized carbons (Fsp3) is 0.125. The molecule has 114 valence electrons. The van der Waals surface area contributed by atoms with Gasteiger partial charge < -0.3 is 10.4 Å². The minimum Gasteiger partial charge on any atom is -0.480 e. The molecule has 0 aliphatic carbocycles. The molecule has 0 saturated heterocycles. The Bertz CT molecular complexity index is 688. The normalized spacial score (nSPS) is 11.7. The molecule has 0 aromatic heterocycles. The summed E-state index contributed by atoms with van der Waals surface area (Å²) in [4.78, 5) is 23.5. The zero-order valence-electron chi connectivity index (χ0n) is 11.4. The summed E-state index contributed by atoms with van der Waals surface area (Å²) in [5.41, 5.74) is 1.23. The summed E-state index contributed by atoms with van der Waals surface area (Å²) in [6.45, 7) is 0. The van der Waals surface area contributed by atoms with Gasteiger partial charge in [-0.05, 0) is 64.6 Å². The van der Waals surface area contributed by atoms with E-state index in [1.165, 1.54) is 0 Å². The Morgan fingerprint density at radius 2 is 1.86 bits per heavy atom. The van der Waals surface area contributed by atoms with Crippen molar-refractivity contribution >= 4 is 46.1 Å². The average Bonchev–Trinajstić information content (AvgIpc) is 2.47. The van der Waals surface area contributed by atoms with Crippen LogP contribution in [0.1, 0.15) is 15.9 Å². The predicted octanol–water partition coefficient (Wildman–Crippen LogP) is 3.37. The van der Waals surface area contributed by atoms with Crippen molar-refractivity contribution in [3.8, 4) is 0 Å². The maximum atomic E-state index is 12.1. The highest BCUT2D eigenvalue weighted by Gasteiger charge is 2.21. The van der Waals surface area contributed by atoms with Crippen LogP contribution in [0.3, 0.4) is 0 Å². The molecule has 0 aliphatic heterocycles. The lowest BCUT2D eigenvalue weighted by Gasteiger charge is -2.15. The van der Waals surface area contributed by atoms with Gasteiger partial charge in [-0.25, -0.2) is 4.79 Å². The standard InChI is InChI=1S/C16H13ClINO3/c17-12-6-4-11(5-7-12)15(20)19-14(16(21)22)9-10-2-1-3-13(18)8-10/h1-8,14H,9H2,(H,19,20)(H,21,22)/t14-/m1/s1. The summed E-state index contributed by atoms with van der Waals surface area (Å²) in [5.74, 6) is -1.50. The van der Waals surface area contributed by atoms with Crippen LogP contribution in [0.25, 0.3) is 0 Å². The van der Waals surface area contributed by atoms with E-state index in [0.717, 1.165) is 9.13 Å². The molecule has 0 heterocycles. The molecule has 0 radical (unpaired) electrons. The smallest absolute Gasteiger partial charge is 0.326 e. The predicted molar refractivity (Wildman–Crippen MR) is 93.2 cm³/mol. The van der Waals surface area contributed by atoms with Gasteiger partial charge in [-0.1, -0.05) is 23.7 Å². The fourth-order valence-electron chi connectivity index (χ4n) is 1.94. The first kappa shape index (κ1) is 16.8. The number of carbonyl (C=O) groups is 2. The minimum absolute atomic E-state index is 0.228. The van der Waals surface area contributed by atoms with Gasteiger partial charge in [0.25, 0.3) is 5.91 Å². The quantitative estimate of drug-likeness (QED) is 0.716. The van der Waals surface area contributed by atoms with Crippen LogP contribution < -0.4 is 5.32 Å². The van der Waals surface area contributed by atoms with Gasteiger partial charge >= 0.3 is 5.97 Å². The largest absolute Gasteiger partial charge is 0.480 e. The van der Waals surface area contributed by atoms with Crippen LogP contribution in [0.5, 0.6) is 0 Å². The van der Waals surface area contributed by atoms with Crippen LogP contribution in [-0.2, 0) is 11.2 Å². The Kier molecular flexibility index (Phi) is 5.79. The van der Waals surface area contributed by atoms with E-state index in [2.05, 4.69) is 27.9 Å². The van der Waals surface area contributed by atoms with Crippen LogP contribution in [0.4, 0.5) is 0 Å². The highest BCUT2D eigenvalue weighted by Crippen LogP contribution is 2.12. The van der Waals surface area contributed by atoms with Crippen molar-refractivity contribution in [2.24, 2.45) is 0 Å². The van der Waals surface area contributed by atoms with Gasteiger partial charge in [0.05, 0.1) is 0 Å². The number of aliphatic carboxylic acids is 1. The zero-order valence-corrected chi connectivity index (χ0v) is 14.3. The van der Waals surface area contributed by atoms with E-state index in [1.807, 2.05) is 24.3 Å². The molecule has 0 fully saturated rings. The van der Waals surface area contributed by atoms with E-state index in [-0.39, 0.29) is 6.42 Å². The van der Waals surface area contributed by atoms with Crippen molar-refractivity contribution < 1.29 is 14.7 Å². The summed E-state index contributed by atoms with van der Waals surface area (Å²) in [6, 6.07) is 12.8. The van der Waals surface area contributed by atoms with Crippen molar-refractivity contribution in [1.29, 1.82) is 0 Å². The van der Waals surface area contributed by atoms with Gasteiger partial charge in [0.15, 0.2) is 0 Å². The molecule has 6 heteroatoms. The summed E-state index contributed by atoms with van der Waals surface area (Å²) < 4.78 is 1.02. The first-order valence-electron chi connectivity index (χ1n) is 6.49. The number of hydrogen-bond donors (Lipinski definition) is 2.